The standard InChI is InChI=1S/C21H22N4O2.ClH/c26-21(24-11-10-15-8-9-16(14-24)22-15)19-13-18(20-7-4-12-27-20)23-25(19)17-5-2-1-3-6-17;/h1-7,12-13,15-16,22H,8-11,14H2;1H. The fourth-order valence-electron chi connectivity index (χ4n) is 4.13. The Morgan fingerprint density at radius 2 is 1.89 bits per heavy atom. The number of benzene rings is 1. The topological polar surface area (TPSA) is 63.3 Å². The lowest BCUT2D eigenvalue weighted by Crippen LogP contribution is -2.39. The molecule has 0 saturated carbocycles. The van der Waals surface area contributed by atoms with Gasteiger partial charge in [0.25, 0.3) is 5.91 Å². The molecule has 4 heterocycles. The maximum absolute atomic E-state index is 13.4. The second-order valence-corrected chi connectivity index (χ2v) is 7.32. The normalized spacial score (nSPS) is 21.2. The van der Waals surface area contributed by atoms with Crippen LogP contribution in [0.25, 0.3) is 17.1 Å². The van der Waals surface area contributed by atoms with Crippen LogP contribution in [-0.4, -0.2) is 45.8 Å². The number of furan rings is 1. The van der Waals surface area contributed by atoms with Gasteiger partial charge in [-0.1, -0.05) is 18.2 Å². The van der Waals surface area contributed by atoms with E-state index in [2.05, 4.69) is 10.4 Å². The monoisotopic (exact) mass is 398 g/mol. The molecule has 146 valence electrons. The van der Waals surface area contributed by atoms with Crippen molar-refractivity contribution in [2.24, 2.45) is 0 Å². The molecule has 28 heavy (non-hydrogen) atoms. The molecule has 3 aromatic rings. The molecule has 2 bridgehead atoms. The molecule has 5 rings (SSSR count). The number of hydrogen-bond acceptors (Lipinski definition) is 4. The zero-order valence-corrected chi connectivity index (χ0v) is 16.3. The van der Waals surface area contributed by atoms with Gasteiger partial charge in [0.2, 0.25) is 0 Å². The van der Waals surface area contributed by atoms with Crippen LogP contribution in [0.3, 0.4) is 0 Å². The number of carbonyl (C=O) groups is 1. The van der Waals surface area contributed by atoms with Gasteiger partial charge in [0.15, 0.2) is 5.76 Å². The molecule has 0 radical (unpaired) electrons. The number of likely N-dealkylation sites (tertiary alicyclic amines) is 1. The fraction of sp³-hybridized carbons (Fsp3) is 0.333. The van der Waals surface area contributed by atoms with Crippen molar-refractivity contribution in [1.82, 2.24) is 20.0 Å². The lowest BCUT2D eigenvalue weighted by atomic mass is 10.1. The second-order valence-electron chi connectivity index (χ2n) is 7.32. The van der Waals surface area contributed by atoms with E-state index in [1.165, 1.54) is 6.42 Å². The maximum Gasteiger partial charge on any atom is 0.272 e. The molecule has 1 N–H and O–H groups in total. The maximum atomic E-state index is 13.4. The van der Waals surface area contributed by atoms with E-state index in [0.717, 1.165) is 31.6 Å². The van der Waals surface area contributed by atoms with Crippen molar-refractivity contribution in [2.45, 2.75) is 31.3 Å². The molecule has 6 nitrogen and oxygen atoms in total. The summed E-state index contributed by atoms with van der Waals surface area (Å²) in [5.41, 5.74) is 2.11. The van der Waals surface area contributed by atoms with Crippen molar-refractivity contribution >= 4 is 18.3 Å². The number of fused-ring (bicyclic) bond motifs is 2. The number of nitrogens with one attached hydrogen (secondary N) is 1. The summed E-state index contributed by atoms with van der Waals surface area (Å²) in [6.45, 7) is 1.54. The molecule has 2 fully saturated rings. The average Bonchev–Trinajstić information content (AvgIpc) is 3.41. The highest BCUT2D eigenvalue weighted by Crippen LogP contribution is 2.25. The van der Waals surface area contributed by atoms with Crippen LogP contribution in [0.15, 0.2) is 59.2 Å². The summed E-state index contributed by atoms with van der Waals surface area (Å²) in [6.07, 6.45) is 4.99. The van der Waals surface area contributed by atoms with Crippen LogP contribution >= 0.6 is 12.4 Å². The molecular weight excluding hydrogens is 376 g/mol. The lowest BCUT2D eigenvalue weighted by molar-refractivity contribution is 0.0739. The molecule has 0 spiro atoms. The summed E-state index contributed by atoms with van der Waals surface area (Å²) in [4.78, 5) is 15.4. The molecule has 2 aromatic heterocycles. The Hall–Kier alpha value is -2.57. The molecule has 2 atom stereocenters. The third-order valence-corrected chi connectivity index (χ3v) is 5.51. The number of para-hydroxylation sites is 1. The molecule has 7 heteroatoms. The Morgan fingerprint density at radius 3 is 2.68 bits per heavy atom. The quantitative estimate of drug-likeness (QED) is 0.733. The van der Waals surface area contributed by atoms with Crippen LogP contribution in [0.5, 0.6) is 0 Å². The zero-order chi connectivity index (χ0) is 18.2. The number of hydrogen-bond donors (Lipinski definition) is 1. The summed E-state index contributed by atoms with van der Waals surface area (Å²) in [7, 11) is 0. The van der Waals surface area contributed by atoms with Crippen molar-refractivity contribution in [1.29, 1.82) is 0 Å². The van der Waals surface area contributed by atoms with Crippen LogP contribution < -0.4 is 5.32 Å². The Labute approximate surface area is 169 Å². The van der Waals surface area contributed by atoms with E-state index in [1.54, 1.807) is 10.9 Å². The van der Waals surface area contributed by atoms with Crippen molar-refractivity contribution < 1.29 is 9.21 Å². The first kappa shape index (κ1) is 18.8. The first-order chi connectivity index (χ1) is 13.3. The Morgan fingerprint density at radius 1 is 1.07 bits per heavy atom. The van der Waals surface area contributed by atoms with E-state index in [1.807, 2.05) is 53.4 Å². The number of carbonyl (C=O) groups excluding carboxylic acids is 1. The first-order valence-corrected chi connectivity index (χ1v) is 9.52. The Kier molecular flexibility index (Phi) is 5.24. The number of amides is 1. The van der Waals surface area contributed by atoms with E-state index in [-0.39, 0.29) is 18.3 Å². The Balaban J connectivity index is 0.00000192. The average molecular weight is 399 g/mol. The first-order valence-electron chi connectivity index (χ1n) is 9.52. The van der Waals surface area contributed by atoms with Gasteiger partial charge in [-0.3, -0.25) is 4.79 Å². The van der Waals surface area contributed by atoms with Gasteiger partial charge in [-0.15, -0.1) is 12.4 Å². The van der Waals surface area contributed by atoms with Crippen LogP contribution in [0, 0.1) is 0 Å². The van der Waals surface area contributed by atoms with Gasteiger partial charge in [0, 0.05) is 31.2 Å². The summed E-state index contributed by atoms with van der Waals surface area (Å²) in [6, 6.07) is 16.3. The van der Waals surface area contributed by atoms with Crippen molar-refractivity contribution in [2.75, 3.05) is 13.1 Å². The SMILES string of the molecule is Cl.O=C(c1cc(-c2ccco2)nn1-c1ccccc1)N1CCC2CCC(C1)N2. The number of halogens is 1. The van der Waals surface area contributed by atoms with Crippen LogP contribution in [-0.2, 0) is 0 Å². The molecule has 2 saturated heterocycles. The second kappa shape index (κ2) is 7.81. The van der Waals surface area contributed by atoms with E-state index < -0.39 is 0 Å². The van der Waals surface area contributed by atoms with Gasteiger partial charge in [-0.25, -0.2) is 4.68 Å². The van der Waals surface area contributed by atoms with Crippen LogP contribution in [0.1, 0.15) is 29.8 Å². The molecular formula is C21H23ClN4O2. The largest absolute Gasteiger partial charge is 0.463 e. The van der Waals surface area contributed by atoms with E-state index in [0.29, 0.717) is 29.2 Å². The number of nitrogens with zero attached hydrogens (tertiary/aromatic N) is 3. The highest BCUT2D eigenvalue weighted by Gasteiger charge is 2.33. The van der Waals surface area contributed by atoms with Gasteiger partial charge in [-0.2, -0.15) is 5.10 Å². The van der Waals surface area contributed by atoms with Crippen LogP contribution in [0.2, 0.25) is 0 Å². The van der Waals surface area contributed by atoms with Gasteiger partial charge in [-0.05, 0) is 43.5 Å². The highest BCUT2D eigenvalue weighted by molar-refractivity contribution is 5.94. The zero-order valence-electron chi connectivity index (χ0n) is 15.5. The molecule has 1 aromatic carbocycles. The predicted molar refractivity (Wildman–Crippen MR) is 109 cm³/mol. The smallest absolute Gasteiger partial charge is 0.272 e. The van der Waals surface area contributed by atoms with E-state index >= 15 is 0 Å². The molecule has 2 aliphatic rings. The molecule has 1 amide bonds. The van der Waals surface area contributed by atoms with Gasteiger partial charge >= 0.3 is 0 Å². The predicted octanol–water partition coefficient (Wildman–Crippen LogP) is 3.52. The van der Waals surface area contributed by atoms with E-state index in [4.69, 9.17) is 4.42 Å². The van der Waals surface area contributed by atoms with Crippen molar-refractivity contribution in [3.63, 3.8) is 0 Å². The minimum atomic E-state index is 0. The van der Waals surface area contributed by atoms with Gasteiger partial charge in [0.05, 0.1) is 12.0 Å². The lowest BCUT2D eigenvalue weighted by Gasteiger charge is -2.24. The number of aromatic nitrogens is 2. The van der Waals surface area contributed by atoms with Crippen molar-refractivity contribution in [3.05, 3.63) is 60.5 Å². The molecule has 2 aliphatic heterocycles. The van der Waals surface area contributed by atoms with Gasteiger partial charge < -0.3 is 14.6 Å². The summed E-state index contributed by atoms with van der Waals surface area (Å²) in [5, 5.41) is 8.30. The summed E-state index contributed by atoms with van der Waals surface area (Å²) in [5.74, 6) is 0.689. The molecule has 2 unspecified atom stereocenters. The minimum absolute atomic E-state index is 0. The summed E-state index contributed by atoms with van der Waals surface area (Å²) < 4.78 is 7.23. The Bertz CT molecular complexity index is 939. The fourth-order valence-corrected chi connectivity index (χ4v) is 4.13. The minimum Gasteiger partial charge on any atom is -0.463 e. The van der Waals surface area contributed by atoms with Crippen molar-refractivity contribution in [3.8, 4) is 17.1 Å². The van der Waals surface area contributed by atoms with Crippen LogP contribution in [0.4, 0.5) is 0 Å². The third-order valence-electron chi connectivity index (χ3n) is 5.51. The third kappa shape index (κ3) is 3.45. The molecule has 0 aliphatic carbocycles. The van der Waals surface area contributed by atoms with E-state index in [9.17, 15) is 4.79 Å². The highest BCUT2D eigenvalue weighted by atomic mass is 35.5. The summed E-state index contributed by atoms with van der Waals surface area (Å²) >= 11 is 0. The number of rotatable bonds is 3. The van der Waals surface area contributed by atoms with Gasteiger partial charge in [0.1, 0.15) is 11.4 Å².